The smallest absolute Gasteiger partial charge is 0.243 e. The molecule has 0 radical (unpaired) electrons. The Balaban J connectivity index is 1.73. The van der Waals surface area contributed by atoms with Crippen molar-refractivity contribution >= 4 is 58.4 Å². The van der Waals surface area contributed by atoms with E-state index in [4.69, 9.17) is 34.8 Å². The van der Waals surface area contributed by atoms with Gasteiger partial charge in [0.1, 0.15) is 6.04 Å². The highest BCUT2D eigenvalue weighted by molar-refractivity contribution is 7.99. The fourth-order valence-electron chi connectivity index (χ4n) is 4.26. The van der Waals surface area contributed by atoms with Crippen LogP contribution in [0.2, 0.25) is 15.1 Å². The molecule has 2 amide bonds. The van der Waals surface area contributed by atoms with Crippen molar-refractivity contribution in [2.24, 2.45) is 0 Å². The number of hydrogen-bond donors (Lipinski definition) is 1. The Morgan fingerprint density at radius 3 is 2.47 bits per heavy atom. The largest absolute Gasteiger partial charge is 0.352 e. The average molecular weight is 542 g/mol. The van der Waals surface area contributed by atoms with Crippen LogP contribution in [-0.2, 0) is 21.9 Å². The van der Waals surface area contributed by atoms with Crippen LogP contribution >= 0.6 is 46.6 Å². The van der Waals surface area contributed by atoms with Gasteiger partial charge in [-0.25, -0.2) is 0 Å². The molecule has 0 bridgehead atoms. The molecule has 0 saturated heterocycles. The summed E-state index contributed by atoms with van der Waals surface area (Å²) >= 11 is 20.1. The standard InChI is InChI=1S/C26H31Cl3N2O2S/c1-2-24(26(33)30-22-9-4-3-5-10-22)31(15-19-11-12-21(28)14-23(19)29)25(32)17-34-16-18-7-6-8-20(27)13-18/h6-8,11-14,22,24H,2-5,9-10,15-17H2,1H3,(H,30,33). The zero-order valence-corrected chi connectivity index (χ0v) is 22.5. The van der Waals surface area contributed by atoms with E-state index >= 15 is 0 Å². The first kappa shape index (κ1) is 27.2. The third-order valence-electron chi connectivity index (χ3n) is 6.08. The van der Waals surface area contributed by atoms with Crippen LogP contribution in [0.4, 0.5) is 0 Å². The van der Waals surface area contributed by atoms with E-state index in [-0.39, 0.29) is 30.2 Å². The second kappa shape index (κ2) is 13.6. The molecule has 2 aromatic rings. The van der Waals surface area contributed by atoms with Crippen LogP contribution in [0.1, 0.15) is 56.6 Å². The Kier molecular flexibility index (Phi) is 10.9. The van der Waals surface area contributed by atoms with E-state index < -0.39 is 6.04 Å². The van der Waals surface area contributed by atoms with Crippen molar-refractivity contribution in [3.05, 3.63) is 68.7 Å². The number of nitrogens with zero attached hydrogens (tertiary/aromatic N) is 1. The van der Waals surface area contributed by atoms with Gasteiger partial charge in [0.25, 0.3) is 0 Å². The number of benzene rings is 2. The zero-order valence-electron chi connectivity index (χ0n) is 19.4. The SMILES string of the molecule is CCC(C(=O)NC1CCCCC1)N(Cc1ccc(Cl)cc1Cl)C(=O)CSCc1cccc(Cl)c1. The third-order valence-corrected chi connectivity index (χ3v) is 7.89. The Bertz CT molecular complexity index is 982. The summed E-state index contributed by atoms with van der Waals surface area (Å²) < 4.78 is 0. The van der Waals surface area contributed by atoms with E-state index in [1.165, 1.54) is 18.2 Å². The maximum absolute atomic E-state index is 13.4. The third kappa shape index (κ3) is 8.08. The van der Waals surface area contributed by atoms with Crippen molar-refractivity contribution < 1.29 is 9.59 Å². The zero-order chi connectivity index (χ0) is 24.5. The van der Waals surface area contributed by atoms with E-state index in [9.17, 15) is 9.59 Å². The molecule has 0 heterocycles. The summed E-state index contributed by atoms with van der Waals surface area (Å²) in [6, 6.07) is 12.5. The molecule has 1 saturated carbocycles. The predicted octanol–water partition coefficient (Wildman–Crippen LogP) is 7.14. The lowest BCUT2D eigenvalue weighted by molar-refractivity contribution is -0.139. The van der Waals surface area contributed by atoms with Crippen molar-refractivity contribution in [1.29, 1.82) is 0 Å². The second-order valence-electron chi connectivity index (χ2n) is 8.65. The Labute approximate surface area is 221 Å². The summed E-state index contributed by atoms with van der Waals surface area (Å²) in [6.45, 7) is 2.19. The van der Waals surface area contributed by atoms with E-state index in [1.54, 1.807) is 17.0 Å². The molecule has 3 rings (SSSR count). The highest BCUT2D eigenvalue weighted by Crippen LogP contribution is 2.25. The van der Waals surface area contributed by atoms with Gasteiger partial charge in [-0.05, 0) is 54.7 Å². The Hall–Kier alpha value is -1.40. The van der Waals surface area contributed by atoms with E-state index in [2.05, 4.69) is 5.32 Å². The van der Waals surface area contributed by atoms with Crippen LogP contribution in [-0.4, -0.2) is 34.6 Å². The average Bonchev–Trinajstić information content (AvgIpc) is 2.81. The van der Waals surface area contributed by atoms with E-state index in [0.29, 0.717) is 27.2 Å². The molecule has 4 nitrogen and oxygen atoms in total. The molecule has 8 heteroatoms. The number of carbonyl (C=O) groups excluding carboxylic acids is 2. The number of rotatable bonds is 10. The number of halogens is 3. The minimum atomic E-state index is -0.562. The maximum Gasteiger partial charge on any atom is 0.243 e. The van der Waals surface area contributed by atoms with Crippen molar-refractivity contribution in [1.82, 2.24) is 10.2 Å². The molecule has 0 aliphatic heterocycles. The van der Waals surface area contributed by atoms with Gasteiger partial charge >= 0.3 is 0 Å². The number of thioether (sulfide) groups is 1. The molecule has 1 fully saturated rings. The molecule has 1 aliphatic rings. The second-order valence-corrected chi connectivity index (χ2v) is 10.9. The molecular formula is C26H31Cl3N2O2S. The van der Waals surface area contributed by atoms with Crippen LogP contribution in [0.25, 0.3) is 0 Å². The van der Waals surface area contributed by atoms with Gasteiger partial charge in [-0.2, -0.15) is 0 Å². The Morgan fingerprint density at radius 2 is 1.79 bits per heavy atom. The van der Waals surface area contributed by atoms with Crippen molar-refractivity contribution in [3.8, 4) is 0 Å². The molecule has 1 aliphatic carbocycles. The molecule has 1 atom stereocenters. The number of amides is 2. The van der Waals surface area contributed by atoms with Crippen LogP contribution in [0.3, 0.4) is 0 Å². The first-order valence-corrected chi connectivity index (χ1v) is 14.0. The van der Waals surface area contributed by atoms with Gasteiger partial charge in [0.05, 0.1) is 5.75 Å². The minimum absolute atomic E-state index is 0.0901. The lowest BCUT2D eigenvalue weighted by Gasteiger charge is -2.33. The normalized spacial score (nSPS) is 15.1. The number of hydrogen-bond acceptors (Lipinski definition) is 3. The lowest BCUT2D eigenvalue weighted by Crippen LogP contribution is -2.52. The maximum atomic E-state index is 13.4. The van der Waals surface area contributed by atoms with E-state index in [0.717, 1.165) is 36.8 Å². The van der Waals surface area contributed by atoms with Crippen LogP contribution in [0.5, 0.6) is 0 Å². The lowest BCUT2D eigenvalue weighted by atomic mass is 9.95. The van der Waals surface area contributed by atoms with Crippen molar-refractivity contribution in [2.45, 2.75) is 69.8 Å². The summed E-state index contributed by atoms with van der Waals surface area (Å²) in [7, 11) is 0. The van der Waals surface area contributed by atoms with Gasteiger partial charge in [-0.1, -0.05) is 79.2 Å². The first-order valence-electron chi connectivity index (χ1n) is 11.7. The summed E-state index contributed by atoms with van der Waals surface area (Å²) in [5.41, 5.74) is 1.82. The molecular weight excluding hydrogens is 511 g/mol. The Morgan fingerprint density at radius 1 is 1.06 bits per heavy atom. The molecule has 34 heavy (non-hydrogen) atoms. The fourth-order valence-corrected chi connectivity index (χ4v) is 5.80. The molecule has 1 unspecified atom stereocenters. The van der Waals surface area contributed by atoms with Crippen LogP contribution < -0.4 is 5.32 Å². The quantitative estimate of drug-likeness (QED) is 0.348. The van der Waals surface area contributed by atoms with Gasteiger partial charge in [0.2, 0.25) is 11.8 Å². The molecule has 2 aromatic carbocycles. The topological polar surface area (TPSA) is 49.4 Å². The fraction of sp³-hybridized carbons (Fsp3) is 0.462. The van der Waals surface area contributed by atoms with Gasteiger partial charge in [-0.3, -0.25) is 9.59 Å². The molecule has 184 valence electrons. The summed E-state index contributed by atoms with van der Waals surface area (Å²) in [6.07, 6.45) is 5.99. The number of nitrogens with one attached hydrogen (secondary N) is 1. The monoisotopic (exact) mass is 540 g/mol. The highest BCUT2D eigenvalue weighted by atomic mass is 35.5. The minimum Gasteiger partial charge on any atom is -0.352 e. The molecule has 0 aromatic heterocycles. The van der Waals surface area contributed by atoms with E-state index in [1.807, 2.05) is 37.3 Å². The van der Waals surface area contributed by atoms with Gasteiger partial charge < -0.3 is 10.2 Å². The highest BCUT2D eigenvalue weighted by Gasteiger charge is 2.30. The van der Waals surface area contributed by atoms with Gasteiger partial charge in [-0.15, -0.1) is 11.8 Å². The predicted molar refractivity (Wildman–Crippen MR) is 144 cm³/mol. The van der Waals surface area contributed by atoms with Crippen LogP contribution in [0.15, 0.2) is 42.5 Å². The molecule has 1 N–H and O–H groups in total. The summed E-state index contributed by atoms with van der Waals surface area (Å²) in [5, 5.41) is 4.89. The summed E-state index contributed by atoms with van der Waals surface area (Å²) in [4.78, 5) is 28.3. The molecule has 0 spiro atoms. The van der Waals surface area contributed by atoms with Gasteiger partial charge in [0.15, 0.2) is 0 Å². The van der Waals surface area contributed by atoms with Gasteiger partial charge in [0, 0.05) is 33.4 Å². The van der Waals surface area contributed by atoms with Crippen LogP contribution in [0, 0.1) is 0 Å². The first-order chi connectivity index (χ1) is 16.4. The van der Waals surface area contributed by atoms with Crippen molar-refractivity contribution in [3.63, 3.8) is 0 Å². The summed E-state index contributed by atoms with van der Waals surface area (Å²) in [5.74, 6) is 0.731. The van der Waals surface area contributed by atoms with Crippen molar-refractivity contribution in [2.75, 3.05) is 5.75 Å². The number of carbonyl (C=O) groups is 2.